The first-order valence-corrected chi connectivity index (χ1v) is 8.38. The summed E-state index contributed by atoms with van der Waals surface area (Å²) < 4.78 is 5.33. The third-order valence-electron chi connectivity index (χ3n) is 4.22. The second-order valence-corrected chi connectivity index (χ2v) is 6.60. The molecule has 0 saturated heterocycles. The van der Waals surface area contributed by atoms with Gasteiger partial charge in [-0.05, 0) is 42.8 Å². The zero-order valence-electron chi connectivity index (χ0n) is 13.6. The van der Waals surface area contributed by atoms with Gasteiger partial charge in [0.2, 0.25) is 0 Å². The lowest BCUT2D eigenvalue weighted by Crippen LogP contribution is -2.29. The molecule has 3 aromatic rings. The third kappa shape index (κ3) is 3.41. The minimum atomic E-state index is -0.254. The van der Waals surface area contributed by atoms with Crippen LogP contribution in [0.25, 0.3) is 11.0 Å². The number of benzene rings is 2. The Bertz CT molecular complexity index is 1010. The van der Waals surface area contributed by atoms with E-state index >= 15 is 0 Å². The van der Waals surface area contributed by atoms with Crippen LogP contribution in [0.3, 0.4) is 0 Å². The Kier molecular flexibility index (Phi) is 4.84. The molecule has 3 rings (SSSR count). The van der Waals surface area contributed by atoms with E-state index in [1.165, 1.54) is 12.3 Å². The van der Waals surface area contributed by atoms with Crippen LogP contribution in [0.5, 0.6) is 0 Å². The molecule has 4 nitrogen and oxygen atoms in total. The van der Waals surface area contributed by atoms with Crippen LogP contribution in [0.2, 0.25) is 10.0 Å². The largest absolute Gasteiger partial charge is 0.464 e. The van der Waals surface area contributed by atoms with E-state index in [9.17, 15) is 9.59 Å². The summed E-state index contributed by atoms with van der Waals surface area (Å²) >= 11 is 12.2. The fourth-order valence-electron chi connectivity index (χ4n) is 2.64. The van der Waals surface area contributed by atoms with E-state index in [-0.39, 0.29) is 17.4 Å². The van der Waals surface area contributed by atoms with Gasteiger partial charge >= 0.3 is 0 Å². The second kappa shape index (κ2) is 6.90. The Morgan fingerprint density at radius 1 is 1.12 bits per heavy atom. The minimum absolute atomic E-state index is 0.144. The van der Waals surface area contributed by atoms with Crippen molar-refractivity contribution >= 4 is 40.1 Å². The lowest BCUT2D eigenvalue weighted by Gasteiger charge is -2.26. The maximum Gasteiger partial charge on any atom is 0.254 e. The molecule has 2 aromatic carbocycles. The summed E-state index contributed by atoms with van der Waals surface area (Å²) in [6, 6.07) is 11.1. The van der Waals surface area contributed by atoms with Crippen molar-refractivity contribution in [2.75, 3.05) is 7.05 Å². The predicted octanol–water partition coefficient (Wildman–Crippen LogP) is 4.93. The van der Waals surface area contributed by atoms with Gasteiger partial charge in [-0.3, -0.25) is 9.59 Å². The molecule has 1 aromatic heterocycles. The molecule has 0 aliphatic heterocycles. The molecular weight excluding hydrogens is 361 g/mol. The number of fused-ring (bicyclic) bond motifs is 1. The highest BCUT2D eigenvalue weighted by Gasteiger charge is 2.21. The first-order chi connectivity index (χ1) is 11.9. The summed E-state index contributed by atoms with van der Waals surface area (Å²) in [5, 5.41) is 1.49. The standard InChI is InChI=1S/C19H15Cl2NO3/c1-11(14-6-4-13(20)10-16(14)21)22(2)19(24)12-3-5-15-17(23)7-8-25-18(15)9-12/h3-11H,1-2H3. The van der Waals surface area contributed by atoms with E-state index in [0.717, 1.165) is 5.56 Å². The van der Waals surface area contributed by atoms with Crippen LogP contribution in [-0.4, -0.2) is 17.9 Å². The van der Waals surface area contributed by atoms with E-state index in [0.29, 0.717) is 26.6 Å². The lowest BCUT2D eigenvalue weighted by molar-refractivity contribution is 0.0743. The van der Waals surface area contributed by atoms with E-state index in [1.54, 1.807) is 48.3 Å². The number of carbonyl (C=O) groups is 1. The van der Waals surface area contributed by atoms with Gasteiger partial charge in [0.15, 0.2) is 5.43 Å². The molecule has 1 unspecified atom stereocenters. The van der Waals surface area contributed by atoms with Crippen molar-refractivity contribution in [3.05, 3.63) is 80.1 Å². The molecule has 0 spiro atoms. The molecule has 0 aliphatic carbocycles. The maximum absolute atomic E-state index is 12.8. The third-order valence-corrected chi connectivity index (χ3v) is 4.78. The summed E-state index contributed by atoms with van der Waals surface area (Å²) in [5.41, 5.74) is 1.47. The molecular formula is C19H15Cl2NO3. The SMILES string of the molecule is CC(c1ccc(Cl)cc1Cl)N(C)C(=O)c1ccc2c(=O)ccoc2c1. The molecule has 1 amide bonds. The number of carbonyl (C=O) groups excluding carboxylic acids is 1. The molecule has 128 valence electrons. The quantitative estimate of drug-likeness (QED) is 0.651. The summed E-state index contributed by atoms with van der Waals surface area (Å²) in [6.07, 6.45) is 1.32. The number of nitrogens with zero attached hydrogens (tertiary/aromatic N) is 1. The molecule has 0 fully saturated rings. The van der Waals surface area contributed by atoms with E-state index in [4.69, 9.17) is 27.6 Å². The zero-order chi connectivity index (χ0) is 18.1. The fraction of sp³-hybridized carbons (Fsp3) is 0.158. The molecule has 25 heavy (non-hydrogen) atoms. The number of halogens is 2. The van der Waals surface area contributed by atoms with Crippen molar-refractivity contribution in [1.29, 1.82) is 0 Å². The lowest BCUT2D eigenvalue weighted by atomic mass is 10.1. The molecule has 6 heteroatoms. The first-order valence-electron chi connectivity index (χ1n) is 7.62. The summed E-state index contributed by atoms with van der Waals surface area (Å²) in [7, 11) is 1.70. The van der Waals surface area contributed by atoms with Gasteiger partial charge in [-0.2, -0.15) is 0 Å². The Balaban J connectivity index is 1.93. The van der Waals surface area contributed by atoms with Gasteiger partial charge in [0.25, 0.3) is 5.91 Å². The average Bonchev–Trinajstić information content (AvgIpc) is 2.60. The van der Waals surface area contributed by atoms with Crippen molar-refractivity contribution in [3.63, 3.8) is 0 Å². The van der Waals surface area contributed by atoms with Crippen molar-refractivity contribution in [1.82, 2.24) is 4.90 Å². The minimum Gasteiger partial charge on any atom is -0.464 e. The Hall–Kier alpha value is -2.30. The van der Waals surface area contributed by atoms with Gasteiger partial charge in [0.1, 0.15) is 5.58 Å². The molecule has 1 heterocycles. The van der Waals surface area contributed by atoms with Gasteiger partial charge in [-0.1, -0.05) is 29.3 Å². The average molecular weight is 376 g/mol. The Labute approximate surface area is 154 Å². The van der Waals surface area contributed by atoms with Crippen LogP contribution in [0.15, 0.2) is 57.9 Å². The van der Waals surface area contributed by atoms with Crippen molar-refractivity contribution in [2.24, 2.45) is 0 Å². The predicted molar refractivity (Wildman–Crippen MR) is 99.5 cm³/mol. The van der Waals surface area contributed by atoms with Crippen LogP contribution in [0.1, 0.15) is 28.9 Å². The molecule has 0 saturated carbocycles. The highest BCUT2D eigenvalue weighted by atomic mass is 35.5. The maximum atomic E-state index is 12.8. The van der Waals surface area contributed by atoms with Crippen LogP contribution >= 0.6 is 23.2 Å². The van der Waals surface area contributed by atoms with Crippen LogP contribution in [0, 0.1) is 0 Å². The number of hydrogen-bond donors (Lipinski definition) is 0. The van der Waals surface area contributed by atoms with Crippen LogP contribution in [-0.2, 0) is 0 Å². The van der Waals surface area contributed by atoms with Gasteiger partial charge in [-0.25, -0.2) is 0 Å². The number of amides is 1. The monoisotopic (exact) mass is 375 g/mol. The summed E-state index contributed by atoms with van der Waals surface area (Å²) in [5.74, 6) is -0.202. The van der Waals surface area contributed by atoms with E-state index in [1.807, 2.05) is 6.92 Å². The van der Waals surface area contributed by atoms with Gasteiger partial charge in [0, 0.05) is 28.7 Å². The van der Waals surface area contributed by atoms with Crippen molar-refractivity contribution in [3.8, 4) is 0 Å². The molecule has 0 bridgehead atoms. The van der Waals surface area contributed by atoms with E-state index < -0.39 is 0 Å². The van der Waals surface area contributed by atoms with Gasteiger partial charge in [-0.15, -0.1) is 0 Å². The molecule has 1 atom stereocenters. The summed E-state index contributed by atoms with van der Waals surface area (Å²) in [6.45, 7) is 1.88. The summed E-state index contributed by atoms with van der Waals surface area (Å²) in [4.78, 5) is 26.2. The number of rotatable bonds is 3. The van der Waals surface area contributed by atoms with Gasteiger partial charge in [0.05, 0.1) is 17.7 Å². The smallest absolute Gasteiger partial charge is 0.254 e. The zero-order valence-corrected chi connectivity index (χ0v) is 15.1. The van der Waals surface area contributed by atoms with Crippen LogP contribution in [0.4, 0.5) is 0 Å². The van der Waals surface area contributed by atoms with Crippen molar-refractivity contribution in [2.45, 2.75) is 13.0 Å². The second-order valence-electron chi connectivity index (χ2n) is 5.75. The first kappa shape index (κ1) is 17.5. The molecule has 0 radical (unpaired) electrons. The number of hydrogen-bond acceptors (Lipinski definition) is 3. The molecule has 0 N–H and O–H groups in total. The highest BCUT2D eigenvalue weighted by Crippen LogP contribution is 2.30. The normalized spacial score (nSPS) is 12.2. The Morgan fingerprint density at radius 3 is 2.60 bits per heavy atom. The molecule has 0 aliphatic rings. The highest BCUT2D eigenvalue weighted by molar-refractivity contribution is 6.35. The topological polar surface area (TPSA) is 50.5 Å². The van der Waals surface area contributed by atoms with E-state index in [2.05, 4.69) is 0 Å². The Morgan fingerprint density at radius 2 is 1.88 bits per heavy atom. The van der Waals surface area contributed by atoms with Crippen LogP contribution < -0.4 is 5.43 Å². The fourth-order valence-corrected chi connectivity index (χ4v) is 3.21. The van der Waals surface area contributed by atoms with Crippen molar-refractivity contribution < 1.29 is 9.21 Å². The van der Waals surface area contributed by atoms with Gasteiger partial charge < -0.3 is 9.32 Å².